The fourth-order valence-electron chi connectivity index (χ4n) is 10.3. The number of ether oxygens (including phenoxy) is 1. The molecule has 0 aromatic heterocycles. The predicted octanol–water partition coefficient (Wildman–Crippen LogP) is 21.1. The number of hydrogen-bond donors (Lipinski definition) is 3. The van der Waals surface area contributed by atoms with Crippen molar-refractivity contribution >= 4 is 11.9 Å². The number of aliphatic hydroxyl groups excluding tert-OH is 2. The Morgan fingerprint density at radius 1 is 0.378 bits per heavy atom. The molecule has 6 heteroatoms. The molecule has 0 aliphatic heterocycles. The third kappa shape index (κ3) is 59.3. The maximum absolute atomic E-state index is 12.5. The highest BCUT2D eigenvalue weighted by Gasteiger charge is 2.18. The summed E-state index contributed by atoms with van der Waals surface area (Å²) in [5, 5.41) is 23.3. The lowest BCUT2D eigenvalue weighted by Crippen LogP contribution is -2.45. The summed E-state index contributed by atoms with van der Waals surface area (Å²) in [5.41, 5.74) is 0. The number of carbonyl (C=O) groups excluding carboxylic acids is 2. The maximum atomic E-state index is 12.5. The Kier molecular flexibility index (Phi) is 62.0. The van der Waals surface area contributed by atoms with Crippen LogP contribution in [0, 0.1) is 0 Å². The van der Waals surface area contributed by atoms with Crippen LogP contribution in [0.2, 0.25) is 0 Å². The number of unbranched alkanes of at least 4 members (excludes halogenated alkanes) is 47. The highest BCUT2D eigenvalue weighted by molar-refractivity contribution is 5.76. The number of allylic oxidation sites excluding steroid dienone is 5. The summed E-state index contributed by atoms with van der Waals surface area (Å²) in [7, 11) is 0. The van der Waals surface area contributed by atoms with Gasteiger partial charge in [0.05, 0.1) is 25.4 Å². The van der Waals surface area contributed by atoms with E-state index in [1.165, 1.54) is 283 Å². The molecule has 3 N–H and O–H groups in total. The SMILES string of the molecule is CCC/C=C\C/C=C\CCCCCCCC(=O)OCCCCCCCCCCCCCCCCCCCCCCC(=O)NC(CO)C(O)/C=C/CCCCCCCCCCCCCCCCCCCCCCCC. The van der Waals surface area contributed by atoms with Crippen LogP contribution in [0.1, 0.15) is 361 Å². The van der Waals surface area contributed by atoms with Crippen LogP contribution in [0.4, 0.5) is 0 Å². The van der Waals surface area contributed by atoms with Crippen molar-refractivity contribution in [3.8, 4) is 0 Å². The minimum absolute atomic E-state index is 0.00501. The minimum atomic E-state index is -0.848. The van der Waals surface area contributed by atoms with E-state index in [0.717, 1.165) is 51.4 Å². The Balaban J connectivity index is 3.43. The normalized spacial score (nSPS) is 12.8. The highest BCUT2D eigenvalue weighted by Crippen LogP contribution is 2.18. The third-order valence-electron chi connectivity index (χ3n) is 15.4. The molecule has 2 unspecified atom stereocenters. The van der Waals surface area contributed by atoms with Crippen molar-refractivity contribution in [2.45, 2.75) is 373 Å². The van der Waals surface area contributed by atoms with Gasteiger partial charge in [-0.3, -0.25) is 9.59 Å². The molecule has 0 radical (unpaired) electrons. The minimum Gasteiger partial charge on any atom is -0.466 e. The molecule has 436 valence electrons. The second-order valence-corrected chi connectivity index (χ2v) is 22.8. The van der Waals surface area contributed by atoms with Gasteiger partial charge in [0.15, 0.2) is 0 Å². The van der Waals surface area contributed by atoms with Gasteiger partial charge in [-0.15, -0.1) is 0 Å². The molecule has 0 bridgehead atoms. The summed E-state index contributed by atoms with van der Waals surface area (Å²) in [6, 6.07) is -0.631. The van der Waals surface area contributed by atoms with Gasteiger partial charge in [-0.1, -0.05) is 326 Å². The zero-order valence-electron chi connectivity index (χ0n) is 49.8. The van der Waals surface area contributed by atoms with E-state index in [9.17, 15) is 19.8 Å². The summed E-state index contributed by atoms with van der Waals surface area (Å²) in [6.07, 6.45) is 80.6. The van der Waals surface area contributed by atoms with Crippen molar-refractivity contribution in [1.29, 1.82) is 0 Å². The van der Waals surface area contributed by atoms with Crippen molar-refractivity contribution in [2.24, 2.45) is 0 Å². The smallest absolute Gasteiger partial charge is 0.305 e. The molecular formula is C68H129NO5. The zero-order chi connectivity index (χ0) is 53.6. The second kappa shape index (κ2) is 63.6. The molecule has 0 heterocycles. The number of hydrogen-bond acceptors (Lipinski definition) is 5. The van der Waals surface area contributed by atoms with Gasteiger partial charge in [-0.05, 0) is 57.8 Å². The van der Waals surface area contributed by atoms with E-state index in [-0.39, 0.29) is 18.5 Å². The average Bonchev–Trinajstić information content (AvgIpc) is 3.40. The fourth-order valence-corrected chi connectivity index (χ4v) is 10.3. The molecule has 0 spiro atoms. The van der Waals surface area contributed by atoms with Crippen LogP contribution in [0.5, 0.6) is 0 Å². The first-order valence-electron chi connectivity index (χ1n) is 33.3. The summed E-state index contributed by atoms with van der Waals surface area (Å²) >= 11 is 0. The van der Waals surface area contributed by atoms with Gasteiger partial charge in [0.1, 0.15) is 0 Å². The first-order chi connectivity index (χ1) is 36.5. The van der Waals surface area contributed by atoms with E-state index in [1.807, 2.05) is 6.08 Å². The molecule has 0 saturated heterocycles. The number of aliphatic hydroxyl groups is 2. The van der Waals surface area contributed by atoms with Gasteiger partial charge in [0.25, 0.3) is 0 Å². The van der Waals surface area contributed by atoms with Crippen molar-refractivity contribution in [2.75, 3.05) is 13.2 Å². The summed E-state index contributed by atoms with van der Waals surface area (Å²) in [6.45, 7) is 4.86. The highest BCUT2D eigenvalue weighted by atomic mass is 16.5. The van der Waals surface area contributed by atoms with Crippen LogP contribution in [0.3, 0.4) is 0 Å². The molecule has 0 aliphatic carbocycles. The second-order valence-electron chi connectivity index (χ2n) is 22.8. The molecular weight excluding hydrogens is 911 g/mol. The van der Waals surface area contributed by atoms with E-state index in [4.69, 9.17) is 4.74 Å². The van der Waals surface area contributed by atoms with Crippen molar-refractivity contribution in [1.82, 2.24) is 5.32 Å². The van der Waals surface area contributed by atoms with Crippen molar-refractivity contribution in [3.63, 3.8) is 0 Å². The fraction of sp³-hybridized carbons (Fsp3) is 0.882. The van der Waals surface area contributed by atoms with Gasteiger partial charge in [0.2, 0.25) is 5.91 Å². The average molecular weight is 1040 g/mol. The summed E-state index contributed by atoms with van der Waals surface area (Å²) in [4.78, 5) is 24.6. The molecule has 1 amide bonds. The monoisotopic (exact) mass is 1040 g/mol. The molecule has 0 rings (SSSR count). The van der Waals surface area contributed by atoms with Crippen LogP contribution in [0.25, 0.3) is 0 Å². The number of carbonyl (C=O) groups is 2. The molecule has 0 aliphatic rings. The van der Waals surface area contributed by atoms with Gasteiger partial charge in [-0.2, -0.15) is 0 Å². The van der Waals surface area contributed by atoms with Crippen LogP contribution in [0.15, 0.2) is 36.5 Å². The topological polar surface area (TPSA) is 95.9 Å². The molecule has 0 aromatic rings. The maximum Gasteiger partial charge on any atom is 0.305 e. The summed E-state index contributed by atoms with van der Waals surface area (Å²) < 4.78 is 5.47. The van der Waals surface area contributed by atoms with Crippen LogP contribution < -0.4 is 5.32 Å². The Morgan fingerprint density at radius 2 is 0.703 bits per heavy atom. The lowest BCUT2D eigenvalue weighted by atomic mass is 10.0. The van der Waals surface area contributed by atoms with Crippen LogP contribution in [-0.2, 0) is 14.3 Å². The molecule has 2 atom stereocenters. The third-order valence-corrected chi connectivity index (χ3v) is 15.4. The van der Waals surface area contributed by atoms with Gasteiger partial charge in [-0.25, -0.2) is 0 Å². The van der Waals surface area contributed by atoms with Crippen LogP contribution in [-0.4, -0.2) is 47.4 Å². The van der Waals surface area contributed by atoms with E-state index < -0.39 is 12.1 Å². The lowest BCUT2D eigenvalue weighted by Gasteiger charge is -2.20. The van der Waals surface area contributed by atoms with Crippen molar-refractivity contribution in [3.05, 3.63) is 36.5 Å². The summed E-state index contributed by atoms with van der Waals surface area (Å²) in [5.74, 6) is -0.0716. The predicted molar refractivity (Wildman–Crippen MR) is 324 cm³/mol. The lowest BCUT2D eigenvalue weighted by molar-refractivity contribution is -0.143. The standard InChI is InChI=1S/C68H129NO5/c1-3-5-7-9-11-13-15-17-18-19-20-21-22-23-24-27-30-33-37-40-44-48-52-56-60-66(71)65(64-70)69-67(72)61-57-53-49-45-41-38-34-31-28-25-26-29-32-35-39-43-47-51-55-59-63-74-68(73)62-58-54-50-46-42-36-16-14-12-10-8-6-4-2/h8,10,14,16,56,60,65-66,70-71H,3-7,9,11-13,15,17-55,57-59,61-64H2,1-2H3,(H,69,72)/b10-8-,16-14-,60-56+. The zero-order valence-corrected chi connectivity index (χ0v) is 49.8. The number of esters is 1. The molecule has 0 saturated carbocycles. The van der Waals surface area contributed by atoms with E-state index in [1.54, 1.807) is 6.08 Å². The molecule has 0 fully saturated rings. The number of rotatable bonds is 62. The quantitative estimate of drug-likeness (QED) is 0.0320. The van der Waals surface area contributed by atoms with E-state index >= 15 is 0 Å². The molecule has 0 aromatic carbocycles. The van der Waals surface area contributed by atoms with Crippen molar-refractivity contribution < 1.29 is 24.5 Å². The Hall–Kier alpha value is -1.92. The Labute approximate surface area is 462 Å². The first kappa shape index (κ1) is 72.1. The Bertz CT molecular complexity index is 1200. The van der Waals surface area contributed by atoms with E-state index in [0.29, 0.717) is 19.4 Å². The largest absolute Gasteiger partial charge is 0.466 e. The molecule has 6 nitrogen and oxygen atoms in total. The van der Waals surface area contributed by atoms with Gasteiger partial charge < -0.3 is 20.3 Å². The van der Waals surface area contributed by atoms with Crippen LogP contribution >= 0.6 is 0 Å². The Morgan fingerprint density at radius 3 is 1.08 bits per heavy atom. The number of nitrogens with one attached hydrogen (secondary N) is 1. The molecule has 74 heavy (non-hydrogen) atoms. The van der Waals surface area contributed by atoms with Gasteiger partial charge >= 0.3 is 5.97 Å². The number of amides is 1. The van der Waals surface area contributed by atoms with E-state index in [2.05, 4.69) is 43.5 Å². The van der Waals surface area contributed by atoms with Gasteiger partial charge in [0, 0.05) is 12.8 Å². The first-order valence-corrected chi connectivity index (χ1v) is 33.3.